The molecule has 1 unspecified atom stereocenters. The zero-order valence-corrected chi connectivity index (χ0v) is 18.9. The Morgan fingerprint density at radius 2 is 1.62 bits per heavy atom. The highest BCUT2D eigenvalue weighted by Crippen LogP contribution is 2.29. The van der Waals surface area contributed by atoms with E-state index in [0.29, 0.717) is 6.54 Å². The van der Waals surface area contributed by atoms with Crippen LogP contribution in [0.25, 0.3) is 21.8 Å². The van der Waals surface area contributed by atoms with Gasteiger partial charge in [-0.3, -0.25) is 9.69 Å². The lowest BCUT2D eigenvalue weighted by Crippen LogP contribution is -2.50. The van der Waals surface area contributed by atoms with Crippen LogP contribution in [0.15, 0.2) is 97.1 Å². The summed E-state index contributed by atoms with van der Waals surface area (Å²) in [6, 6.07) is 32.5. The molecular formula is C29H26N4O. The molecule has 1 fully saturated rings. The number of rotatable bonds is 4. The normalized spacial score (nSPS) is 16.8. The Kier molecular flexibility index (Phi) is 5.32. The Labute approximate surface area is 198 Å². The number of aromatic nitrogens is 2. The van der Waals surface area contributed by atoms with Gasteiger partial charge < -0.3 is 9.88 Å². The van der Waals surface area contributed by atoms with Crippen molar-refractivity contribution in [1.82, 2.24) is 19.8 Å². The molecule has 1 saturated heterocycles. The first kappa shape index (κ1) is 20.6. The number of benzene rings is 4. The summed E-state index contributed by atoms with van der Waals surface area (Å²) in [6.45, 7) is 3.06. The minimum Gasteiger partial charge on any atom is -0.340 e. The molecule has 34 heavy (non-hydrogen) atoms. The van der Waals surface area contributed by atoms with Crippen LogP contribution in [-0.2, 0) is 6.54 Å². The first-order valence-corrected chi connectivity index (χ1v) is 11.8. The second kappa shape index (κ2) is 8.76. The van der Waals surface area contributed by atoms with Crippen LogP contribution in [0.5, 0.6) is 0 Å². The summed E-state index contributed by atoms with van der Waals surface area (Å²) in [5.74, 6) is 0.892. The number of carbonyl (C=O) groups is 1. The van der Waals surface area contributed by atoms with Gasteiger partial charge in [0.2, 0.25) is 0 Å². The highest BCUT2D eigenvalue weighted by atomic mass is 16.2. The second-order valence-electron chi connectivity index (χ2n) is 8.94. The van der Waals surface area contributed by atoms with Gasteiger partial charge in [0.25, 0.3) is 5.91 Å². The number of piperazine rings is 1. The van der Waals surface area contributed by atoms with Gasteiger partial charge in [0.1, 0.15) is 11.9 Å². The van der Waals surface area contributed by atoms with Crippen LogP contribution in [0, 0.1) is 0 Å². The van der Waals surface area contributed by atoms with Gasteiger partial charge >= 0.3 is 0 Å². The molecule has 5 aromatic rings. The van der Waals surface area contributed by atoms with E-state index in [9.17, 15) is 4.79 Å². The number of amides is 1. The molecule has 0 radical (unpaired) electrons. The number of aromatic amines is 1. The summed E-state index contributed by atoms with van der Waals surface area (Å²) >= 11 is 0. The average Bonchev–Trinajstić information content (AvgIpc) is 3.33. The number of para-hydroxylation sites is 2. The van der Waals surface area contributed by atoms with Crippen LogP contribution in [0.3, 0.4) is 0 Å². The zero-order valence-electron chi connectivity index (χ0n) is 18.9. The van der Waals surface area contributed by atoms with Gasteiger partial charge in [-0.25, -0.2) is 4.98 Å². The van der Waals surface area contributed by atoms with Gasteiger partial charge in [-0.2, -0.15) is 0 Å². The molecule has 1 atom stereocenters. The predicted octanol–water partition coefficient (Wildman–Crippen LogP) is 5.42. The van der Waals surface area contributed by atoms with Crippen molar-refractivity contribution in [3.8, 4) is 0 Å². The maximum absolute atomic E-state index is 13.8. The van der Waals surface area contributed by atoms with Crippen LogP contribution in [-0.4, -0.2) is 45.3 Å². The monoisotopic (exact) mass is 446 g/mol. The van der Waals surface area contributed by atoms with Crippen molar-refractivity contribution in [3.05, 3.63) is 114 Å². The maximum atomic E-state index is 13.8. The molecule has 1 amide bonds. The number of imidazole rings is 1. The minimum absolute atomic E-state index is 0.0515. The predicted molar refractivity (Wildman–Crippen MR) is 136 cm³/mol. The molecule has 0 bridgehead atoms. The van der Waals surface area contributed by atoms with Crippen LogP contribution in [0.2, 0.25) is 0 Å². The molecule has 0 saturated carbocycles. The third-order valence-electron chi connectivity index (χ3n) is 6.69. The lowest BCUT2D eigenvalue weighted by molar-refractivity contribution is 0.0418. The van der Waals surface area contributed by atoms with Crippen molar-refractivity contribution in [2.45, 2.75) is 12.6 Å². The maximum Gasteiger partial charge on any atom is 0.254 e. The van der Waals surface area contributed by atoms with E-state index < -0.39 is 0 Å². The van der Waals surface area contributed by atoms with Gasteiger partial charge in [-0.05, 0) is 40.6 Å². The topological polar surface area (TPSA) is 52.2 Å². The van der Waals surface area contributed by atoms with Gasteiger partial charge in [-0.15, -0.1) is 0 Å². The summed E-state index contributed by atoms with van der Waals surface area (Å²) in [7, 11) is 0. The largest absolute Gasteiger partial charge is 0.340 e. The highest BCUT2D eigenvalue weighted by Gasteiger charge is 2.34. The van der Waals surface area contributed by atoms with Crippen LogP contribution in [0.4, 0.5) is 0 Å². The Hall–Kier alpha value is -3.96. The number of nitrogens with zero attached hydrogens (tertiary/aromatic N) is 3. The SMILES string of the molecule is O=C(c1ccc2ccccc2c1)N1CCN(Cc2ccccc2)CC1c1nc2ccccc2[nH]1. The van der Waals surface area contributed by atoms with Crippen LogP contribution in [0.1, 0.15) is 27.8 Å². The van der Waals surface area contributed by atoms with Crippen LogP contribution < -0.4 is 0 Å². The smallest absolute Gasteiger partial charge is 0.254 e. The second-order valence-corrected chi connectivity index (χ2v) is 8.94. The van der Waals surface area contributed by atoms with E-state index in [4.69, 9.17) is 4.98 Å². The molecular weight excluding hydrogens is 420 g/mol. The summed E-state index contributed by atoms with van der Waals surface area (Å²) in [5.41, 5.74) is 3.92. The molecule has 1 aliphatic rings. The first-order valence-electron chi connectivity index (χ1n) is 11.8. The number of hydrogen-bond acceptors (Lipinski definition) is 3. The highest BCUT2D eigenvalue weighted by molar-refractivity contribution is 5.99. The molecule has 6 rings (SSSR count). The quantitative estimate of drug-likeness (QED) is 0.401. The fourth-order valence-corrected chi connectivity index (χ4v) is 4.92. The van der Waals surface area contributed by atoms with E-state index in [2.05, 4.69) is 46.3 Å². The Morgan fingerprint density at radius 3 is 2.47 bits per heavy atom. The van der Waals surface area contributed by atoms with E-state index in [1.165, 1.54) is 5.56 Å². The Morgan fingerprint density at radius 1 is 0.853 bits per heavy atom. The third kappa shape index (κ3) is 3.95. The molecule has 0 spiro atoms. The first-order chi connectivity index (χ1) is 16.7. The lowest BCUT2D eigenvalue weighted by atomic mass is 10.0. The van der Waals surface area contributed by atoms with Crippen molar-refractivity contribution in [2.24, 2.45) is 0 Å². The van der Waals surface area contributed by atoms with E-state index >= 15 is 0 Å². The number of fused-ring (bicyclic) bond motifs is 2. The summed E-state index contributed by atoms with van der Waals surface area (Å²) in [4.78, 5) is 26.5. The van der Waals surface area contributed by atoms with Crippen LogP contribution >= 0.6 is 0 Å². The lowest BCUT2D eigenvalue weighted by Gasteiger charge is -2.40. The Bertz CT molecular complexity index is 1430. The minimum atomic E-state index is -0.149. The third-order valence-corrected chi connectivity index (χ3v) is 6.69. The van der Waals surface area contributed by atoms with Crippen molar-refractivity contribution < 1.29 is 4.79 Å². The number of hydrogen-bond donors (Lipinski definition) is 1. The van der Waals surface area contributed by atoms with Gasteiger partial charge in [0.15, 0.2) is 0 Å². The molecule has 2 heterocycles. The molecule has 5 heteroatoms. The molecule has 0 aliphatic carbocycles. The fourth-order valence-electron chi connectivity index (χ4n) is 4.92. The van der Waals surface area contributed by atoms with Crippen molar-refractivity contribution >= 4 is 27.7 Å². The van der Waals surface area contributed by atoms with Gasteiger partial charge in [0, 0.05) is 31.7 Å². The van der Waals surface area contributed by atoms with Gasteiger partial charge in [-0.1, -0.05) is 72.8 Å². The summed E-state index contributed by atoms with van der Waals surface area (Å²) in [5, 5.41) is 2.22. The number of carbonyl (C=O) groups excluding carboxylic acids is 1. The van der Waals surface area contributed by atoms with Gasteiger partial charge in [0.05, 0.1) is 11.0 Å². The van der Waals surface area contributed by atoms with Crippen molar-refractivity contribution in [1.29, 1.82) is 0 Å². The number of nitrogens with one attached hydrogen (secondary N) is 1. The van der Waals surface area contributed by atoms with E-state index in [1.807, 2.05) is 65.6 Å². The fraction of sp³-hybridized carbons (Fsp3) is 0.172. The zero-order chi connectivity index (χ0) is 22.9. The molecule has 5 nitrogen and oxygen atoms in total. The van der Waals surface area contributed by atoms with E-state index in [0.717, 1.165) is 52.8 Å². The van der Waals surface area contributed by atoms with E-state index in [1.54, 1.807) is 0 Å². The van der Waals surface area contributed by atoms with Crippen molar-refractivity contribution in [2.75, 3.05) is 19.6 Å². The molecule has 1 aliphatic heterocycles. The van der Waals surface area contributed by atoms with E-state index in [-0.39, 0.29) is 11.9 Å². The molecule has 1 aromatic heterocycles. The molecule has 168 valence electrons. The standard InChI is InChI=1S/C29H26N4O/c34-29(24-15-14-22-10-4-5-11-23(22)18-24)33-17-16-32(19-21-8-2-1-3-9-21)20-27(33)28-30-25-12-6-7-13-26(25)31-28/h1-15,18,27H,16-17,19-20H2,(H,30,31). The Balaban J connectivity index is 1.34. The number of H-pyrrole nitrogens is 1. The molecule has 1 N–H and O–H groups in total. The van der Waals surface area contributed by atoms with Crippen molar-refractivity contribution in [3.63, 3.8) is 0 Å². The molecule has 4 aromatic carbocycles. The summed E-state index contributed by atoms with van der Waals surface area (Å²) < 4.78 is 0. The summed E-state index contributed by atoms with van der Waals surface area (Å²) in [6.07, 6.45) is 0. The average molecular weight is 447 g/mol.